The average molecular weight is 393 g/mol. The number of aromatic nitrogens is 1. The molecule has 10 nitrogen and oxygen atoms in total. The maximum atomic E-state index is 12.6. The number of carbonyl (C=O) groups excluding carboxylic acids is 5. The lowest BCUT2D eigenvalue weighted by Gasteiger charge is -2.17. The molecule has 0 aromatic carbocycles. The zero-order valence-electron chi connectivity index (χ0n) is 16.6. The van der Waals surface area contributed by atoms with Gasteiger partial charge in [0.1, 0.15) is 12.1 Å². The first-order chi connectivity index (χ1) is 12.9. The Labute approximate surface area is 161 Å². The highest BCUT2D eigenvalue weighted by molar-refractivity contribution is 6.08. The molecule has 1 aliphatic rings. The number of nitrogens with zero attached hydrogens (tertiary/aromatic N) is 1. The lowest BCUT2D eigenvalue weighted by Crippen LogP contribution is -2.41. The molecule has 0 saturated carbocycles. The molecule has 28 heavy (non-hydrogen) atoms. The van der Waals surface area contributed by atoms with Crippen LogP contribution < -0.4 is 5.32 Å². The molecule has 2 rings (SSSR count). The SMILES string of the molecule is COC(=O)c1c(C)[nH]c(C(=O)[C@@H](C)OC(=O)CN2C(=O)NC(C)(C)C2=O)c1C. The van der Waals surface area contributed by atoms with Crippen LogP contribution in [0, 0.1) is 13.8 Å². The lowest BCUT2D eigenvalue weighted by atomic mass is 10.1. The number of Topliss-reactive ketones (excluding diaryl/α,β-unsaturated/α-hetero) is 1. The number of methoxy groups -OCH3 is 1. The normalized spacial score (nSPS) is 16.6. The number of amides is 3. The van der Waals surface area contributed by atoms with Crippen LogP contribution in [0.15, 0.2) is 0 Å². The number of hydrogen-bond donors (Lipinski definition) is 2. The van der Waals surface area contributed by atoms with E-state index in [0.717, 1.165) is 4.90 Å². The number of carbonyl (C=O) groups is 5. The van der Waals surface area contributed by atoms with Gasteiger partial charge < -0.3 is 19.8 Å². The molecule has 2 N–H and O–H groups in total. The van der Waals surface area contributed by atoms with E-state index >= 15 is 0 Å². The van der Waals surface area contributed by atoms with Gasteiger partial charge >= 0.3 is 18.0 Å². The predicted octanol–water partition coefficient (Wildman–Crippen LogP) is 0.863. The Morgan fingerprint density at radius 1 is 1.18 bits per heavy atom. The van der Waals surface area contributed by atoms with Crippen molar-refractivity contribution in [1.82, 2.24) is 15.2 Å². The summed E-state index contributed by atoms with van der Waals surface area (Å²) in [6.07, 6.45) is -1.19. The number of aryl methyl sites for hydroxylation is 1. The van der Waals surface area contributed by atoms with Crippen LogP contribution in [-0.4, -0.2) is 64.8 Å². The Kier molecular flexibility index (Phi) is 5.62. The average Bonchev–Trinajstić information content (AvgIpc) is 3.00. The van der Waals surface area contributed by atoms with Crippen molar-refractivity contribution >= 4 is 29.7 Å². The predicted molar refractivity (Wildman–Crippen MR) is 95.8 cm³/mol. The van der Waals surface area contributed by atoms with E-state index in [1.807, 2.05) is 0 Å². The number of H-pyrrole nitrogens is 1. The molecular formula is C18H23N3O7. The zero-order valence-corrected chi connectivity index (χ0v) is 16.6. The van der Waals surface area contributed by atoms with Crippen LogP contribution in [0.1, 0.15) is 52.9 Å². The van der Waals surface area contributed by atoms with Gasteiger partial charge in [0.2, 0.25) is 5.78 Å². The number of nitrogens with one attached hydrogen (secondary N) is 2. The maximum Gasteiger partial charge on any atom is 0.339 e. The highest BCUT2D eigenvalue weighted by Crippen LogP contribution is 2.21. The van der Waals surface area contributed by atoms with Crippen LogP contribution in [0.25, 0.3) is 0 Å². The molecule has 0 bridgehead atoms. The number of ether oxygens (including phenoxy) is 2. The molecule has 1 saturated heterocycles. The Bertz CT molecular complexity index is 869. The second-order valence-electron chi connectivity index (χ2n) is 7.06. The van der Waals surface area contributed by atoms with Crippen molar-refractivity contribution in [3.8, 4) is 0 Å². The quantitative estimate of drug-likeness (QED) is 0.416. The van der Waals surface area contributed by atoms with E-state index in [9.17, 15) is 24.0 Å². The molecule has 1 aromatic rings. The van der Waals surface area contributed by atoms with Crippen molar-refractivity contribution in [3.63, 3.8) is 0 Å². The summed E-state index contributed by atoms with van der Waals surface area (Å²) in [6.45, 7) is 6.98. The summed E-state index contributed by atoms with van der Waals surface area (Å²) >= 11 is 0. The van der Waals surface area contributed by atoms with Gasteiger partial charge in [0.25, 0.3) is 5.91 Å². The summed E-state index contributed by atoms with van der Waals surface area (Å²) in [4.78, 5) is 64.1. The summed E-state index contributed by atoms with van der Waals surface area (Å²) in [5.41, 5.74) is 0.0864. The fourth-order valence-electron chi connectivity index (χ4n) is 2.99. The number of rotatable bonds is 6. The minimum Gasteiger partial charge on any atom is -0.465 e. The van der Waals surface area contributed by atoms with Gasteiger partial charge in [0.15, 0.2) is 6.10 Å². The molecule has 10 heteroatoms. The van der Waals surface area contributed by atoms with Gasteiger partial charge in [-0.05, 0) is 40.2 Å². The van der Waals surface area contributed by atoms with Crippen molar-refractivity contribution in [1.29, 1.82) is 0 Å². The summed E-state index contributed by atoms with van der Waals surface area (Å²) < 4.78 is 9.78. The van der Waals surface area contributed by atoms with E-state index in [1.165, 1.54) is 27.9 Å². The van der Waals surface area contributed by atoms with Crippen molar-refractivity contribution in [3.05, 3.63) is 22.5 Å². The third-order valence-corrected chi connectivity index (χ3v) is 4.48. The Morgan fingerprint density at radius 3 is 2.29 bits per heavy atom. The maximum absolute atomic E-state index is 12.6. The Hall–Kier alpha value is -3.17. The van der Waals surface area contributed by atoms with Gasteiger partial charge in [-0.25, -0.2) is 9.59 Å². The first-order valence-corrected chi connectivity index (χ1v) is 8.56. The zero-order chi connectivity index (χ0) is 21.4. The van der Waals surface area contributed by atoms with Crippen molar-refractivity contribution in [2.24, 2.45) is 0 Å². The number of hydrogen-bond acceptors (Lipinski definition) is 7. The summed E-state index contributed by atoms with van der Waals surface area (Å²) in [5.74, 6) is -2.61. The molecule has 1 atom stereocenters. The van der Waals surface area contributed by atoms with Gasteiger partial charge in [0.05, 0.1) is 18.4 Å². The molecule has 0 radical (unpaired) electrons. The molecule has 3 amide bonds. The molecule has 2 heterocycles. The molecular weight excluding hydrogens is 370 g/mol. The summed E-state index contributed by atoms with van der Waals surface area (Å²) in [6, 6.07) is -0.704. The second-order valence-corrected chi connectivity index (χ2v) is 7.06. The molecule has 0 spiro atoms. The first kappa shape index (κ1) is 21.1. The van der Waals surface area contributed by atoms with Crippen LogP contribution in [0.2, 0.25) is 0 Å². The number of aromatic amines is 1. The van der Waals surface area contributed by atoms with Crippen LogP contribution >= 0.6 is 0 Å². The summed E-state index contributed by atoms with van der Waals surface area (Å²) in [7, 11) is 1.23. The van der Waals surface area contributed by atoms with E-state index in [-0.39, 0.29) is 11.3 Å². The highest BCUT2D eigenvalue weighted by Gasteiger charge is 2.45. The van der Waals surface area contributed by atoms with Crippen molar-refractivity contribution in [2.75, 3.05) is 13.7 Å². The third kappa shape index (κ3) is 3.75. The molecule has 0 aliphatic carbocycles. The van der Waals surface area contributed by atoms with E-state index < -0.39 is 47.8 Å². The van der Waals surface area contributed by atoms with Gasteiger partial charge in [-0.3, -0.25) is 19.3 Å². The number of imide groups is 1. The minimum absolute atomic E-state index is 0.120. The molecule has 152 valence electrons. The summed E-state index contributed by atoms with van der Waals surface area (Å²) in [5, 5.41) is 2.45. The number of urea groups is 1. The van der Waals surface area contributed by atoms with E-state index in [0.29, 0.717) is 11.3 Å². The van der Waals surface area contributed by atoms with Gasteiger partial charge in [-0.1, -0.05) is 0 Å². The molecule has 1 aromatic heterocycles. The Balaban J connectivity index is 2.09. The molecule has 1 aliphatic heterocycles. The van der Waals surface area contributed by atoms with Crippen LogP contribution in [0.4, 0.5) is 4.79 Å². The largest absolute Gasteiger partial charge is 0.465 e. The van der Waals surface area contributed by atoms with Crippen LogP contribution in [-0.2, 0) is 19.1 Å². The van der Waals surface area contributed by atoms with Crippen molar-refractivity contribution in [2.45, 2.75) is 46.3 Å². The van der Waals surface area contributed by atoms with Crippen LogP contribution in [0.5, 0.6) is 0 Å². The first-order valence-electron chi connectivity index (χ1n) is 8.56. The number of esters is 2. The van der Waals surface area contributed by atoms with E-state index in [1.54, 1.807) is 13.8 Å². The Morgan fingerprint density at radius 2 is 1.79 bits per heavy atom. The molecule has 1 fully saturated rings. The minimum atomic E-state index is -1.19. The van der Waals surface area contributed by atoms with Crippen LogP contribution in [0.3, 0.4) is 0 Å². The highest BCUT2D eigenvalue weighted by atomic mass is 16.5. The monoisotopic (exact) mass is 393 g/mol. The second kappa shape index (κ2) is 7.45. The van der Waals surface area contributed by atoms with Gasteiger partial charge in [0, 0.05) is 5.69 Å². The van der Waals surface area contributed by atoms with Gasteiger partial charge in [-0.2, -0.15) is 0 Å². The fraction of sp³-hybridized carbons (Fsp3) is 0.500. The van der Waals surface area contributed by atoms with Crippen molar-refractivity contribution < 1.29 is 33.4 Å². The topological polar surface area (TPSA) is 135 Å². The molecule has 0 unspecified atom stereocenters. The standard InChI is InChI=1S/C18H23N3O7/c1-8-12(15(24)27-6)9(2)19-13(8)14(23)10(3)28-11(22)7-21-16(25)18(4,5)20-17(21)26/h10,19H,7H2,1-6H3,(H,20,26)/t10-/m1/s1. The fourth-order valence-corrected chi connectivity index (χ4v) is 2.99. The lowest BCUT2D eigenvalue weighted by molar-refractivity contribution is -0.149. The van der Waals surface area contributed by atoms with E-state index in [4.69, 9.17) is 9.47 Å². The smallest absolute Gasteiger partial charge is 0.339 e. The number of ketones is 1. The van der Waals surface area contributed by atoms with E-state index in [2.05, 4.69) is 10.3 Å². The third-order valence-electron chi connectivity index (χ3n) is 4.48. The van der Waals surface area contributed by atoms with Gasteiger partial charge in [-0.15, -0.1) is 0 Å².